The second-order valence-corrected chi connectivity index (χ2v) is 7.65. The standard InChI is InChI=1S/C23H25N3O3/c1-14(27)16-10-12-17(13-11-16)29-22-18(6-5-9-21(22)24-15(2)28)23-25-19-7-3-4-8-20(19)26-23/h3-4,7-8,10-13,18,21-22H,5-6,9H2,1-2H3,(H,24,28)(H,25,26). The first-order chi connectivity index (χ1) is 14.0. The molecule has 2 N–H and O–H groups in total. The van der Waals surface area contributed by atoms with Crippen molar-refractivity contribution >= 4 is 22.7 Å². The molecule has 150 valence electrons. The summed E-state index contributed by atoms with van der Waals surface area (Å²) in [7, 11) is 0. The van der Waals surface area contributed by atoms with E-state index in [4.69, 9.17) is 9.72 Å². The van der Waals surface area contributed by atoms with Crippen LogP contribution >= 0.6 is 0 Å². The van der Waals surface area contributed by atoms with Crippen molar-refractivity contribution in [1.29, 1.82) is 0 Å². The predicted octanol–water partition coefficient (Wildman–Crippen LogP) is 3.99. The Morgan fingerprint density at radius 2 is 1.83 bits per heavy atom. The number of Topliss-reactive ketones (excluding diaryl/α,β-unsaturated/α-hetero) is 1. The first-order valence-corrected chi connectivity index (χ1v) is 10.0. The van der Waals surface area contributed by atoms with E-state index in [-0.39, 0.29) is 29.8 Å². The van der Waals surface area contributed by atoms with Crippen LogP contribution in [0.1, 0.15) is 55.2 Å². The molecule has 1 aliphatic rings. The lowest BCUT2D eigenvalue weighted by molar-refractivity contribution is -0.120. The Morgan fingerprint density at radius 3 is 2.52 bits per heavy atom. The lowest BCUT2D eigenvalue weighted by Crippen LogP contribution is -2.50. The van der Waals surface area contributed by atoms with E-state index in [9.17, 15) is 9.59 Å². The number of benzene rings is 2. The van der Waals surface area contributed by atoms with E-state index >= 15 is 0 Å². The molecule has 0 spiro atoms. The number of ketones is 1. The third kappa shape index (κ3) is 4.16. The lowest BCUT2D eigenvalue weighted by Gasteiger charge is -2.37. The Balaban J connectivity index is 1.65. The number of aromatic nitrogens is 2. The number of hydrogen-bond donors (Lipinski definition) is 2. The molecule has 1 heterocycles. The average Bonchev–Trinajstić information content (AvgIpc) is 3.13. The fraction of sp³-hybridized carbons (Fsp3) is 0.348. The maximum absolute atomic E-state index is 11.8. The fourth-order valence-corrected chi connectivity index (χ4v) is 4.11. The maximum atomic E-state index is 11.8. The topological polar surface area (TPSA) is 84.1 Å². The van der Waals surface area contributed by atoms with Gasteiger partial charge >= 0.3 is 0 Å². The Hall–Kier alpha value is -3.15. The number of aromatic amines is 1. The highest BCUT2D eigenvalue weighted by atomic mass is 16.5. The number of H-pyrrole nitrogens is 1. The van der Waals surface area contributed by atoms with Crippen molar-refractivity contribution in [2.24, 2.45) is 0 Å². The molecule has 3 atom stereocenters. The predicted molar refractivity (Wildman–Crippen MR) is 111 cm³/mol. The van der Waals surface area contributed by atoms with Crippen LogP contribution in [-0.4, -0.2) is 33.8 Å². The van der Waals surface area contributed by atoms with Gasteiger partial charge in [0.1, 0.15) is 17.7 Å². The zero-order chi connectivity index (χ0) is 20.4. The minimum atomic E-state index is -0.253. The van der Waals surface area contributed by atoms with E-state index in [1.54, 1.807) is 19.1 Å². The lowest BCUT2D eigenvalue weighted by atomic mass is 9.82. The van der Waals surface area contributed by atoms with Crippen LogP contribution in [-0.2, 0) is 4.79 Å². The number of carbonyl (C=O) groups excluding carboxylic acids is 2. The molecule has 1 saturated carbocycles. The van der Waals surface area contributed by atoms with Gasteiger partial charge in [0.15, 0.2) is 5.78 Å². The molecule has 2 aromatic carbocycles. The van der Waals surface area contributed by atoms with Crippen molar-refractivity contribution in [3.05, 3.63) is 59.9 Å². The molecule has 0 bridgehead atoms. The summed E-state index contributed by atoms with van der Waals surface area (Å²) in [5.41, 5.74) is 2.57. The Bertz CT molecular complexity index is 992. The minimum Gasteiger partial charge on any atom is -0.488 e. The van der Waals surface area contributed by atoms with Crippen LogP contribution in [0.2, 0.25) is 0 Å². The van der Waals surface area contributed by atoms with Crippen molar-refractivity contribution in [1.82, 2.24) is 15.3 Å². The molecule has 29 heavy (non-hydrogen) atoms. The van der Waals surface area contributed by atoms with Crippen molar-refractivity contribution in [3.63, 3.8) is 0 Å². The monoisotopic (exact) mass is 391 g/mol. The molecule has 3 unspecified atom stereocenters. The van der Waals surface area contributed by atoms with Gasteiger partial charge in [-0.1, -0.05) is 18.6 Å². The van der Waals surface area contributed by atoms with E-state index in [2.05, 4.69) is 10.3 Å². The van der Waals surface area contributed by atoms with Crippen LogP contribution < -0.4 is 10.1 Å². The molecule has 1 aliphatic carbocycles. The molecule has 0 saturated heterocycles. The largest absolute Gasteiger partial charge is 0.488 e. The second kappa shape index (κ2) is 8.07. The van der Waals surface area contributed by atoms with E-state index in [1.165, 1.54) is 6.92 Å². The second-order valence-electron chi connectivity index (χ2n) is 7.65. The molecule has 4 rings (SSSR count). The number of nitrogens with zero attached hydrogens (tertiary/aromatic N) is 1. The van der Waals surface area contributed by atoms with Crippen LogP contribution in [0.5, 0.6) is 5.75 Å². The summed E-state index contributed by atoms with van der Waals surface area (Å²) in [5, 5.41) is 3.06. The van der Waals surface area contributed by atoms with Crippen molar-refractivity contribution in [3.8, 4) is 5.75 Å². The Kier molecular flexibility index (Phi) is 5.34. The minimum absolute atomic E-state index is 0.0190. The molecule has 1 amide bonds. The first kappa shape index (κ1) is 19.2. The fourth-order valence-electron chi connectivity index (χ4n) is 4.11. The maximum Gasteiger partial charge on any atom is 0.217 e. The summed E-state index contributed by atoms with van der Waals surface area (Å²) in [4.78, 5) is 31.5. The van der Waals surface area contributed by atoms with Crippen molar-refractivity contribution in [2.75, 3.05) is 0 Å². The summed E-state index contributed by atoms with van der Waals surface area (Å²) in [6, 6.07) is 15.0. The summed E-state index contributed by atoms with van der Waals surface area (Å²) in [6.45, 7) is 3.07. The van der Waals surface area contributed by atoms with Gasteiger partial charge in [0, 0.05) is 12.5 Å². The van der Waals surface area contributed by atoms with Crippen LogP contribution in [0, 0.1) is 0 Å². The third-order valence-electron chi connectivity index (χ3n) is 5.50. The number of nitrogens with one attached hydrogen (secondary N) is 2. The Morgan fingerprint density at radius 1 is 1.07 bits per heavy atom. The quantitative estimate of drug-likeness (QED) is 0.644. The summed E-state index contributed by atoms with van der Waals surface area (Å²) >= 11 is 0. The summed E-state index contributed by atoms with van der Waals surface area (Å²) in [6.07, 6.45) is 2.50. The smallest absolute Gasteiger partial charge is 0.217 e. The molecule has 3 aromatic rings. The number of ether oxygens (including phenoxy) is 1. The van der Waals surface area contributed by atoms with Gasteiger partial charge in [-0.25, -0.2) is 4.98 Å². The normalized spacial score (nSPS) is 21.7. The van der Waals surface area contributed by atoms with Crippen LogP contribution in [0.25, 0.3) is 11.0 Å². The average molecular weight is 391 g/mol. The molecule has 1 fully saturated rings. The van der Waals surface area contributed by atoms with Gasteiger partial charge in [0.05, 0.1) is 23.0 Å². The summed E-state index contributed by atoms with van der Waals surface area (Å²) < 4.78 is 6.38. The number of fused-ring (bicyclic) bond motifs is 1. The highest BCUT2D eigenvalue weighted by molar-refractivity contribution is 5.94. The van der Waals surface area contributed by atoms with E-state index in [0.717, 1.165) is 36.1 Å². The molecule has 0 radical (unpaired) electrons. The first-order valence-electron chi connectivity index (χ1n) is 10.0. The number of amides is 1. The van der Waals surface area contributed by atoms with Gasteiger partial charge in [-0.3, -0.25) is 9.59 Å². The molecular formula is C23H25N3O3. The van der Waals surface area contributed by atoms with E-state index in [1.807, 2.05) is 36.4 Å². The number of para-hydroxylation sites is 2. The molecular weight excluding hydrogens is 366 g/mol. The molecule has 1 aromatic heterocycles. The number of carbonyl (C=O) groups is 2. The molecule has 6 nitrogen and oxygen atoms in total. The zero-order valence-electron chi connectivity index (χ0n) is 16.6. The highest BCUT2D eigenvalue weighted by Gasteiger charge is 2.38. The van der Waals surface area contributed by atoms with Crippen molar-refractivity contribution < 1.29 is 14.3 Å². The van der Waals surface area contributed by atoms with Gasteiger partial charge in [-0.2, -0.15) is 0 Å². The molecule has 0 aliphatic heterocycles. The summed E-state index contributed by atoms with van der Waals surface area (Å²) in [5.74, 6) is 1.54. The zero-order valence-corrected chi connectivity index (χ0v) is 16.6. The number of rotatable bonds is 5. The van der Waals surface area contributed by atoms with Crippen molar-refractivity contribution in [2.45, 2.75) is 51.2 Å². The third-order valence-corrected chi connectivity index (χ3v) is 5.50. The molecule has 6 heteroatoms. The van der Waals surface area contributed by atoms with Crippen LogP contribution in [0.4, 0.5) is 0 Å². The van der Waals surface area contributed by atoms with Crippen LogP contribution in [0.3, 0.4) is 0 Å². The highest BCUT2D eigenvalue weighted by Crippen LogP contribution is 2.35. The number of hydrogen-bond acceptors (Lipinski definition) is 4. The van der Waals surface area contributed by atoms with Gasteiger partial charge in [0.25, 0.3) is 0 Å². The Labute approximate surface area is 169 Å². The van der Waals surface area contributed by atoms with Gasteiger partial charge in [-0.15, -0.1) is 0 Å². The SMILES string of the molecule is CC(=O)NC1CCCC(c2nc3ccccc3[nH]2)C1Oc1ccc(C(C)=O)cc1. The van der Waals surface area contributed by atoms with Crippen LogP contribution in [0.15, 0.2) is 48.5 Å². The van der Waals surface area contributed by atoms with Gasteiger partial charge < -0.3 is 15.0 Å². The number of imidazole rings is 1. The van der Waals surface area contributed by atoms with E-state index in [0.29, 0.717) is 11.3 Å². The van der Waals surface area contributed by atoms with E-state index < -0.39 is 0 Å². The van der Waals surface area contributed by atoms with Gasteiger partial charge in [0.2, 0.25) is 5.91 Å². The van der Waals surface area contributed by atoms with Gasteiger partial charge in [-0.05, 0) is 56.2 Å².